The van der Waals surface area contributed by atoms with Crippen molar-refractivity contribution >= 4 is 11.8 Å². The minimum absolute atomic E-state index is 0.0119. The molecule has 1 aliphatic rings. The van der Waals surface area contributed by atoms with E-state index in [1.807, 2.05) is 13.0 Å². The molecule has 1 saturated carbocycles. The van der Waals surface area contributed by atoms with Crippen LogP contribution in [0.1, 0.15) is 46.9 Å². The fourth-order valence-corrected chi connectivity index (χ4v) is 4.84. The fraction of sp³-hybridized carbons (Fsp3) is 0.294. The molecule has 2 aromatic heterocycles. The molecular formula is C34H32F4N4O5. The zero-order valence-electron chi connectivity index (χ0n) is 25.5. The Hall–Kier alpha value is -5.04. The molecule has 246 valence electrons. The van der Waals surface area contributed by atoms with Crippen molar-refractivity contribution in [2.45, 2.75) is 51.0 Å². The first-order valence-electron chi connectivity index (χ1n) is 14.8. The summed E-state index contributed by atoms with van der Waals surface area (Å²) in [5, 5.41) is 13.4. The molecular weight excluding hydrogens is 620 g/mol. The van der Waals surface area contributed by atoms with Crippen LogP contribution in [0.5, 0.6) is 11.5 Å². The maximum Gasteiger partial charge on any atom is 0.424 e. The van der Waals surface area contributed by atoms with Crippen LogP contribution in [0.3, 0.4) is 0 Å². The monoisotopic (exact) mass is 652 g/mol. The Labute approximate surface area is 267 Å². The average Bonchev–Trinajstić information content (AvgIpc) is 3.84. The second-order valence-corrected chi connectivity index (χ2v) is 11.2. The van der Waals surface area contributed by atoms with E-state index >= 15 is 0 Å². The van der Waals surface area contributed by atoms with Crippen LogP contribution < -0.4 is 20.5 Å². The van der Waals surface area contributed by atoms with Crippen molar-refractivity contribution in [3.63, 3.8) is 0 Å². The molecule has 2 heterocycles. The van der Waals surface area contributed by atoms with Crippen LogP contribution in [0.4, 0.5) is 17.6 Å². The third-order valence-electron chi connectivity index (χ3n) is 7.47. The maximum absolute atomic E-state index is 14.7. The minimum atomic E-state index is -5.36. The van der Waals surface area contributed by atoms with E-state index in [0.29, 0.717) is 17.0 Å². The third-order valence-corrected chi connectivity index (χ3v) is 7.47. The van der Waals surface area contributed by atoms with Gasteiger partial charge in [-0.05, 0) is 86.8 Å². The SMILES string of the molecule is CCOc1c(CC(N)=O)cc([C@@](O)(CNC(=O)c2ccc(-c3ccc(C)cn3)c(OC3CC3)c2)C(F)(F)F)nc1-c1ccc(F)cc1. The van der Waals surface area contributed by atoms with E-state index in [1.165, 1.54) is 24.3 Å². The van der Waals surface area contributed by atoms with Crippen LogP contribution in [0.15, 0.2) is 66.9 Å². The van der Waals surface area contributed by atoms with Gasteiger partial charge in [-0.1, -0.05) is 6.07 Å². The predicted octanol–water partition coefficient (Wildman–Crippen LogP) is 5.41. The number of hydrogen-bond acceptors (Lipinski definition) is 7. The lowest BCUT2D eigenvalue weighted by Crippen LogP contribution is -2.51. The average molecular weight is 653 g/mol. The number of aryl methyl sites for hydroxylation is 1. The normalized spacial score (nSPS) is 14.3. The lowest BCUT2D eigenvalue weighted by Gasteiger charge is -2.31. The van der Waals surface area contributed by atoms with Gasteiger partial charge in [0, 0.05) is 28.5 Å². The third kappa shape index (κ3) is 7.51. The Bertz CT molecular complexity index is 1780. The van der Waals surface area contributed by atoms with E-state index in [0.717, 1.165) is 36.6 Å². The number of benzene rings is 2. The largest absolute Gasteiger partial charge is 0.491 e. The molecule has 9 nitrogen and oxygen atoms in total. The number of nitrogens with two attached hydrogens (primary N) is 1. The van der Waals surface area contributed by atoms with Gasteiger partial charge in [0.15, 0.2) is 0 Å². The molecule has 0 bridgehead atoms. The number of nitrogens with one attached hydrogen (secondary N) is 1. The number of primary amides is 1. The van der Waals surface area contributed by atoms with Crippen LogP contribution in [0, 0.1) is 12.7 Å². The Morgan fingerprint density at radius 3 is 2.38 bits per heavy atom. The van der Waals surface area contributed by atoms with Gasteiger partial charge in [0.25, 0.3) is 5.91 Å². The summed E-state index contributed by atoms with van der Waals surface area (Å²) in [5.74, 6) is -2.12. The van der Waals surface area contributed by atoms with Gasteiger partial charge < -0.3 is 25.6 Å². The van der Waals surface area contributed by atoms with E-state index in [1.54, 1.807) is 25.3 Å². The van der Waals surface area contributed by atoms with E-state index in [9.17, 15) is 32.3 Å². The standard InChI is InChI=1S/C34H32F4N4O5/c1-3-46-31-22(16-29(39)43)15-28(42-30(31)20-5-8-23(35)9-6-20)33(45,34(36,37)38)18-41-32(44)21-7-12-25(26-13-4-19(2)17-40-26)27(14-21)47-24-10-11-24/h4-9,12-15,17,24,45H,3,10-11,16,18H2,1-2H3,(H2,39,43)(H,41,44)/t33-/m0/s1. The molecule has 1 fully saturated rings. The number of amides is 2. The number of alkyl halides is 3. The van der Waals surface area contributed by atoms with Gasteiger partial charge >= 0.3 is 6.18 Å². The van der Waals surface area contributed by atoms with E-state index in [-0.39, 0.29) is 40.8 Å². The quantitative estimate of drug-likeness (QED) is 0.174. The van der Waals surface area contributed by atoms with Crippen LogP contribution in [-0.2, 0) is 16.8 Å². The smallest absolute Gasteiger partial charge is 0.424 e. The highest BCUT2D eigenvalue weighted by Crippen LogP contribution is 2.42. The second kappa shape index (κ2) is 13.4. The first-order valence-corrected chi connectivity index (χ1v) is 14.8. The summed E-state index contributed by atoms with van der Waals surface area (Å²) < 4.78 is 69.5. The number of hydrogen-bond donors (Lipinski definition) is 3. The highest BCUT2D eigenvalue weighted by atomic mass is 19.4. The van der Waals surface area contributed by atoms with Crippen LogP contribution in [0.2, 0.25) is 0 Å². The van der Waals surface area contributed by atoms with Gasteiger partial charge in [-0.25, -0.2) is 9.37 Å². The van der Waals surface area contributed by atoms with Crippen molar-refractivity contribution in [1.82, 2.24) is 15.3 Å². The van der Waals surface area contributed by atoms with E-state index < -0.39 is 48.1 Å². The number of rotatable bonds is 12. The number of halogens is 4. The molecule has 2 aromatic carbocycles. The lowest BCUT2D eigenvalue weighted by atomic mass is 9.93. The van der Waals surface area contributed by atoms with E-state index in [2.05, 4.69) is 15.3 Å². The van der Waals surface area contributed by atoms with Gasteiger partial charge in [0.05, 0.1) is 37.1 Å². The van der Waals surface area contributed by atoms with Gasteiger partial charge in [-0.2, -0.15) is 13.2 Å². The molecule has 47 heavy (non-hydrogen) atoms. The molecule has 0 aliphatic heterocycles. The number of nitrogens with zero attached hydrogens (tertiary/aromatic N) is 2. The summed E-state index contributed by atoms with van der Waals surface area (Å²) in [7, 11) is 0. The van der Waals surface area contributed by atoms with Crippen LogP contribution in [0.25, 0.3) is 22.5 Å². The van der Waals surface area contributed by atoms with Crippen LogP contribution in [-0.4, -0.2) is 52.3 Å². The summed E-state index contributed by atoms with van der Waals surface area (Å²) in [6.07, 6.45) is -2.63. The summed E-state index contributed by atoms with van der Waals surface area (Å²) >= 11 is 0. The highest BCUT2D eigenvalue weighted by Gasteiger charge is 2.56. The van der Waals surface area contributed by atoms with Gasteiger partial charge in [0.1, 0.15) is 23.0 Å². The lowest BCUT2D eigenvalue weighted by molar-refractivity contribution is -0.265. The van der Waals surface area contributed by atoms with Crippen molar-refractivity contribution in [3.8, 4) is 34.0 Å². The zero-order chi connectivity index (χ0) is 33.9. The number of aliphatic hydroxyl groups is 1. The Kier molecular flexibility index (Phi) is 9.48. The topological polar surface area (TPSA) is 137 Å². The van der Waals surface area contributed by atoms with Crippen molar-refractivity contribution in [2.75, 3.05) is 13.2 Å². The Morgan fingerprint density at radius 1 is 1.06 bits per heavy atom. The second-order valence-electron chi connectivity index (χ2n) is 11.2. The number of ether oxygens (including phenoxy) is 2. The van der Waals surface area contributed by atoms with Crippen molar-refractivity contribution in [3.05, 3.63) is 95.1 Å². The van der Waals surface area contributed by atoms with Gasteiger partial charge in [0.2, 0.25) is 11.5 Å². The molecule has 5 rings (SSSR count). The Morgan fingerprint density at radius 2 is 1.79 bits per heavy atom. The number of carbonyl (C=O) groups is 2. The van der Waals surface area contributed by atoms with Crippen molar-refractivity contribution in [1.29, 1.82) is 0 Å². The number of carbonyl (C=O) groups excluding carboxylic acids is 2. The molecule has 0 spiro atoms. The van der Waals surface area contributed by atoms with Crippen molar-refractivity contribution < 1.29 is 41.7 Å². The molecule has 2 amide bonds. The predicted molar refractivity (Wildman–Crippen MR) is 164 cm³/mol. The maximum atomic E-state index is 14.7. The summed E-state index contributed by atoms with van der Waals surface area (Å²) in [6.45, 7) is 2.21. The number of aromatic nitrogens is 2. The fourth-order valence-electron chi connectivity index (χ4n) is 4.84. The summed E-state index contributed by atoms with van der Waals surface area (Å²) in [4.78, 5) is 33.7. The molecule has 0 unspecified atom stereocenters. The molecule has 0 saturated heterocycles. The molecule has 1 aliphatic carbocycles. The van der Waals surface area contributed by atoms with Gasteiger partial charge in [-0.3, -0.25) is 14.6 Å². The number of pyridine rings is 2. The highest BCUT2D eigenvalue weighted by molar-refractivity contribution is 5.95. The van der Waals surface area contributed by atoms with Crippen molar-refractivity contribution in [2.24, 2.45) is 5.73 Å². The Balaban J connectivity index is 1.51. The first-order chi connectivity index (χ1) is 22.3. The van der Waals surface area contributed by atoms with Gasteiger partial charge in [-0.15, -0.1) is 0 Å². The summed E-state index contributed by atoms with van der Waals surface area (Å²) in [6, 6.07) is 13.7. The van der Waals surface area contributed by atoms with E-state index in [4.69, 9.17) is 15.2 Å². The molecule has 4 aromatic rings. The van der Waals surface area contributed by atoms with Crippen LogP contribution >= 0.6 is 0 Å². The molecule has 1 atom stereocenters. The minimum Gasteiger partial charge on any atom is -0.491 e. The molecule has 4 N–H and O–H groups in total. The zero-order valence-corrected chi connectivity index (χ0v) is 25.5. The molecule has 13 heteroatoms. The summed E-state index contributed by atoms with van der Waals surface area (Å²) in [5.41, 5.74) is 2.75. The molecule has 0 radical (unpaired) electrons. The first kappa shape index (κ1) is 33.3.